The van der Waals surface area contributed by atoms with Gasteiger partial charge in [-0.15, -0.1) is 11.3 Å². The smallest absolute Gasteiger partial charge is 0.0960 e. The number of benzene rings is 1. The van der Waals surface area contributed by atoms with Crippen LogP contribution < -0.4 is 0 Å². The van der Waals surface area contributed by atoms with Crippen LogP contribution in [0, 0.1) is 6.92 Å². The summed E-state index contributed by atoms with van der Waals surface area (Å²) in [5, 5.41) is 13.9. The van der Waals surface area contributed by atoms with Gasteiger partial charge in [-0.25, -0.2) is 4.98 Å². The average molecular weight is 287 g/mol. The number of rotatable bonds is 3. The second-order valence-electron chi connectivity index (χ2n) is 6.02. The van der Waals surface area contributed by atoms with Crippen LogP contribution in [0.4, 0.5) is 0 Å². The molecule has 1 aromatic carbocycles. The molecule has 20 heavy (non-hydrogen) atoms. The maximum atomic E-state index is 10.8. The molecular formula is C17H21NOS. The van der Waals surface area contributed by atoms with E-state index >= 15 is 0 Å². The lowest BCUT2D eigenvalue weighted by molar-refractivity contribution is 0.0574. The quantitative estimate of drug-likeness (QED) is 0.932. The van der Waals surface area contributed by atoms with Crippen LogP contribution in [-0.2, 0) is 24.9 Å². The fourth-order valence-electron chi connectivity index (χ4n) is 2.95. The van der Waals surface area contributed by atoms with E-state index in [2.05, 4.69) is 23.2 Å². The molecule has 3 rings (SSSR count). The van der Waals surface area contributed by atoms with Gasteiger partial charge in [0.1, 0.15) is 0 Å². The lowest BCUT2D eigenvalue weighted by Crippen LogP contribution is -2.24. The van der Waals surface area contributed by atoms with Crippen LogP contribution in [0.2, 0.25) is 0 Å². The Kier molecular flexibility index (Phi) is 3.65. The minimum absolute atomic E-state index is 0.588. The van der Waals surface area contributed by atoms with Gasteiger partial charge in [0.15, 0.2) is 0 Å². The summed E-state index contributed by atoms with van der Waals surface area (Å²) in [7, 11) is 0. The van der Waals surface area contributed by atoms with Crippen LogP contribution in [0.3, 0.4) is 0 Å². The fraction of sp³-hybridized carbons (Fsp3) is 0.471. The first-order chi connectivity index (χ1) is 9.54. The maximum absolute atomic E-state index is 10.8. The highest BCUT2D eigenvalue weighted by molar-refractivity contribution is 7.09. The van der Waals surface area contributed by atoms with Crippen LogP contribution in [0.15, 0.2) is 23.6 Å². The molecular weight excluding hydrogens is 266 g/mol. The Hall–Kier alpha value is -1.19. The Morgan fingerprint density at radius 3 is 2.70 bits per heavy atom. The zero-order chi connectivity index (χ0) is 14.2. The highest BCUT2D eigenvalue weighted by atomic mass is 32.1. The van der Waals surface area contributed by atoms with E-state index in [1.807, 2.05) is 19.2 Å². The molecule has 0 aliphatic heterocycles. The molecule has 1 heterocycles. The van der Waals surface area contributed by atoms with Gasteiger partial charge in [-0.3, -0.25) is 0 Å². The van der Waals surface area contributed by atoms with E-state index in [0.717, 1.165) is 22.7 Å². The molecule has 1 N–H and O–H groups in total. The van der Waals surface area contributed by atoms with Crippen molar-refractivity contribution in [2.75, 3.05) is 0 Å². The van der Waals surface area contributed by atoms with Crippen molar-refractivity contribution in [1.82, 2.24) is 4.98 Å². The Balaban J connectivity index is 1.86. The topological polar surface area (TPSA) is 33.1 Å². The molecule has 3 heteroatoms. The van der Waals surface area contributed by atoms with Gasteiger partial charge in [-0.1, -0.05) is 18.2 Å². The SMILES string of the molecule is Cc1csc(CC(C)(O)c2ccc3c(c2)CCCC3)n1. The Morgan fingerprint density at radius 1 is 1.25 bits per heavy atom. The zero-order valence-corrected chi connectivity index (χ0v) is 13.0. The first-order valence-electron chi connectivity index (χ1n) is 7.30. The van der Waals surface area contributed by atoms with Crippen LogP contribution >= 0.6 is 11.3 Å². The molecule has 0 radical (unpaired) electrons. The number of fused-ring (bicyclic) bond motifs is 1. The number of nitrogens with zero attached hydrogens (tertiary/aromatic N) is 1. The Morgan fingerprint density at radius 2 is 2.00 bits per heavy atom. The largest absolute Gasteiger partial charge is 0.385 e. The van der Waals surface area contributed by atoms with Gasteiger partial charge in [-0.2, -0.15) is 0 Å². The first kappa shape index (κ1) is 13.8. The molecule has 1 aliphatic rings. The fourth-order valence-corrected chi connectivity index (χ4v) is 3.87. The molecule has 0 saturated carbocycles. The summed E-state index contributed by atoms with van der Waals surface area (Å²) in [6.45, 7) is 3.89. The van der Waals surface area contributed by atoms with Gasteiger partial charge < -0.3 is 5.11 Å². The summed E-state index contributed by atoms with van der Waals surface area (Å²) in [5.41, 5.74) is 4.10. The lowest BCUT2D eigenvalue weighted by Gasteiger charge is -2.25. The van der Waals surface area contributed by atoms with Gasteiger partial charge in [0.05, 0.1) is 10.6 Å². The minimum atomic E-state index is -0.837. The van der Waals surface area contributed by atoms with Crippen LogP contribution in [0.5, 0.6) is 0 Å². The van der Waals surface area contributed by atoms with Gasteiger partial charge in [0.25, 0.3) is 0 Å². The number of aliphatic hydroxyl groups is 1. The van der Waals surface area contributed by atoms with Crippen molar-refractivity contribution in [3.05, 3.63) is 51.0 Å². The second kappa shape index (κ2) is 5.30. The molecule has 0 bridgehead atoms. The highest BCUT2D eigenvalue weighted by Crippen LogP contribution is 2.30. The number of aryl methyl sites for hydroxylation is 3. The highest BCUT2D eigenvalue weighted by Gasteiger charge is 2.26. The second-order valence-corrected chi connectivity index (χ2v) is 6.97. The third kappa shape index (κ3) is 2.79. The van der Waals surface area contributed by atoms with Crippen molar-refractivity contribution >= 4 is 11.3 Å². The first-order valence-corrected chi connectivity index (χ1v) is 8.18. The molecule has 0 spiro atoms. The summed E-state index contributed by atoms with van der Waals surface area (Å²) < 4.78 is 0. The predicted octanol–water partition coefficient (Wildman–Crippen LogP) is 3.78. The van der Waals surface area contributed by atoms with Crippen molar-refractivity contribution in [3.8, 4) is 0 Å². The van der Waals surface area contributed by atoms with E-state index in [1.165, 1.54) is 30.4 Å². The van der Waals surface area contributed by atoms with Crippen molar-refractivity contribution in [3.63, 3.8) is 0 Å². The van der Waals surface area contributed by atoms with E-state index in [9.17, 15) is 5.11 Å². The molecule has 0 saturated heterocycles. The predicted molar refractivity (Wildman–Crippen MR) is 83.2 cm³/mol. The van der Waals surface area contributed by atoms with Gasteiger partial charge in [0.2, 0.25) is 0 Å². The molecule has 2 aromatic rings. The van der Waals surface area contributed by atoms with Crippen LogP contribution in [0.1, 0.15) is 47.2 Å². The Bertz CT molecular complexity index is 615. The van der Waals surface area contributed by atoms with Crippen LogP contribution in [0.25, 0.3) is 0 Å². The van der Waals surface area contributed by atoms with E-state index in [1.54, 1.807) is 11.3 Å². The van der Waals surface area contributed by atoms with Gasteiger partial charge in [-0.05, 0) is 56.2 Å². The normalized spacial score (nSPS) is 17.6. The molecule has 1 unspecified atom stereocenters. The third-order valence-electron chi connectivity index (χ3n) is 4.13. The summed E-state index contributed by atoms with van der Waals surface area (Å²) >= 11 is 1.63. The number of aromatic nitrogens is 1. The van der Waals surface area contributed by atoms with Crippen LogP contribution in [-0.4, -0.2) is 10.1 Å². The molecule has 1 aromatic heterocycles. The number of thiazole rings is 1. The van der Waals surface area contributed by atoms with Gasteiger partial charge >= 0.3 is 0 Å². The molecule has 2 nitrogen and oxygen atoms in total. The molecule has 0 amide bonds. The molecule has 1 aliphatic carbocycles. The average Bonchev–Trinajstić information content (AvgIpc) is 2.83. The summed E-state index contributed by atoms with van der Waals surface area (Å²) in [4.78, 5) is 4.47. The molecule has 0 fully saturated rings. The monoisotopic (exact) mass is 287 g/mol. The van der Waals surface area contributed by atoms with E-state index in [-0.39, 0.29) is 0 Å². The van der Waals surface area contributed by atoms with Crippen molar-refractivity contribution in [2.24, 2.45) is 0 Å². The van der Waals surface area contributed by atoms with Gasteiger partial charge in [0, 0.05) is 17.5 Å². The summed E-state index contributed by atoms with van der Waals surface area (Å²) in [5.74, 6) is 0. The molecule has 106 valence electrons. The van der Waals surface area contributed by atoms with Crippen molar-refractivity contribution < 1.29 is 5.11 Å². The Labute approximate surface area is 124 Å². The lowest BCUT2D eigenvalue weighted by atomic mass is 9.85. The maximum Gasteiger partial charge on any atom is 0.0960 e. The molecule has 1 atom stereocenters. The number of hydrogen-bond donors (Lipinski definition) is 1. The van der Waals surface area contributed by atoms with E-state index < -0.39 is 5.60 Å². The summed E-state index contributed by atoms with van der Waals surface area (Å²) in [6, 6.07) is 6.49. The van der Waals surface area contributed by atoms with E-state index in [4.69, 9.17) is 0 Å². The standard InChI is InChI=1S/C17H21NOS/c1-12-11-20-16(18-12)10-17(2,19)15-8-7-13-5-3-4-6-14(13)9-15/h7-9,11,19H,3-6,10H2,1-2H3. The summed E-state index contributed by atoms with van der Waals surface area (Å²) in [6.07, 6.45) is 5.48. The zero-order valence-electron chi connectivity index (χ0n) is 12.1. The minimum Gasteiger partial charge on any atom is -0.385 e. The van der Waals surface area contributed by atoms with Crippen molar-refractivity contribution in [1.29, 1.82) is 0 Å². The third-order valence-corrected chi connectivity index (χ3v) is 5.10. The number of hydrogen-bond acceptors (Lipinski definition) is 3. The van der Waals surface area contributed by atoms with Crippen molar-refractivity contribution in [2.45, 2.75) is 51.6 Å². The van der Waals surface area contributed by atoms with E-state index in [0.29, 0.717) is 6.42 Å².